The molecular weight excluding hydrogens is 502 g/mol. The first-order valence-corrected chi connectivity index (χ1v) is 15.5. The highest BCUT2D eigenvalue weighted by Crippen LogP contribution is 2.41. The van der Waals surface area contributed by atoms with Crippen molar-refractivity contribution in [2.45, 2.75) is 84.0 Å². The molecule has 39 heavy (non-hydrogen) atoms. The molecule has 6 heteroatoms. The summed E-state index contributed by atoms with van der Waals surface area (Å²) in [5.41, 5.74) is 5.85. The molecule has 2 aromatic heterocycles. The third kappa shape index (κ3) is 6.66. The Morgan fingerprint density at radius 1 is 1.03 bits per heavy atom. The largest absolute Gasteiger partial charge is 0.299 e. The van der Waals surface area contributed by atoms with Crippen LogP contribution in [0.5, 0.6) is 0 Å². The minimum Gasteiger partial charge on any atom is -0.299 e. The minimum absolute atomic E-state index is 0.235. The van der Waals surface area contributed by atoms with Crippen LogP contribution in [0, 0.1) is 24.7 Å². The molecular formula is C33H39N3O2S. The lowest BCUT2D eigenvalue weighted by Gasteiger charge is -2.24. The van der Waals surface area contributed by atoms with Crippen LogP contribution in [0.3, 0.4) is 0 Å². The Balaban J connectivity index is 1.24. The molecule has 0 radical (unpaired) electrons. The first-order chi connectivity index (χ1) is 18.9. The fraction of sp³-hybridized carbons (Fsp3) is 0.515. The maximum absolute atomic E-state index is 13.6. The molecule has 6 rings (SSSR count). The fourth-order valence-electron chi connectivity index (χ4n) is 5.97. The molecule has 3 aliphatic carbocycles. The van der Waals surface area contributed by atoms with Gasteiger partial charge in [0, 0.05) is 65.5 Å². The molecule has 2 fully saturated rings. The van der Waals surface area contributed by atoms with E-state index in [0.29, 0.717) is 24.5 Å². The lowest BCUT2D eigenvalue weighted by molar-refractivity contribution is -0.119. The number of ketones is 2. The molecule has 0 saturated heterocycles. The molecule has 2 saturated carbocycles. The molecule has 3 aliphatic rings. The second-order valence-corrected chi connectivity index (χ2v) is 13.3. The number of aryl methyl sites for hydroxylation is 3. The average Bonchev–Trinajstić information content (AvgIpc) is 3.84. The van der Waals surface area contributed by atoms with Gasteiger partial charge in [0.1, 0.15) is 5.78 Å². The van der Waals surface area contributed by atoms with Gasteiger partial charge in [0.25, 0.3) is 0 Å². The Morgan fingerprint density at radius 2 is 1.82 bits per heavy atom. The lowest BCUT2D eigenvalue weighted by atomic mass is 9.81. The predicted octanol–water partition coefficient (Wildman–Crippen LogP) is 7.19. The zero-order chi connectivity index (χ0) is 26.9. The Labute approximate surface area is 235 Å². The molecule has 0 bridgehead atoms. The van der Waals surface area contributed by atoms with Crippen molar-refractivity contribution < 1.29 is 9.59 Å². The predicted molar refractivity (Wildman–Crippen MR) is 157 cm³/mol. The van der Waals surface area contributed by atoms with Crippen molar-refractivity contribution >= 4 is 34.4 Å². The van der Waals surface area contributed by atoms with Gasteiger partial charge in [-0.1, -0.05) is 42.7 Å². The van der Waals surface area contributed by atoms with Crippen LogP contribution in [0.2, 0.25) is 0 Å². The first-order valence-electron chi connectivity index (χ1n) is 14.7. The van der Waals surface area contributed by atoms with Crippen LogP contribution >= 0.6 is 11.3 Å². The molecule has 3 aromatic rings. The zero-order valence-electron chi connectivity index (χ0n) is 23.2. The number of fused-ring (bicyclic) bond motifs is 1. The molecule has 2 heterocycles. The van der Waals surface area contributed by atoms with Crippen LogP contribution in [-0.2, 0) is 37.5 Å². The van der Waals surface area contributed by atoms with Gasteiger partial charge in [-0.2, -0.15) is 5.10 Å². The number of Topliss-reactive ketones (excluding diaryl/α,β-unsaturated/α-hetero) is 2. The normalized spacial score (nSPS) is 19.2. The SMILES string of the molecule is Cc1ccc(CC(CC2CCc3sc(CC(=O)C4CC4)c(C(=O)CCC4CC4)c3C2)=Nc2ccn(C)n2)cc1. The molecule has 204 valence electrons. The number of carbonyl (C=O) groups is 2. The van der Waals surface area contributed by atoms with Gasteiger partial charge in [0.05, 0.1) is 0 Å². The fourth-order valence-corrected chi connectivity index (χ4v) is 7.35. The van der Waals surface area contributed by atoms with E-state index in [-0.39, 0.29) is 11.7 Å². The maximum Gasteiger partial charge on any atom is 0.173 e. The van der Waals surface area contributed by atoms with Crippen LogP contribution in [0.15, 0.2) is 41.5 Å². The highest BCUT2D eigenvalue weighted by molar-refractivity contribution is 7.12. The molecule has 0 aliphatic heterocycles. The lowest BCUT2D eigenvalue weighted by Crippen LogP contribution is -2.20. The number of rotatable bonds is 12. The average molecular weight is 542 g/mol. The van der Waals surface area contributed by atoms with Crippen molar-refractivity contribution in [3.63, 3.8) is 0 Å². The number of carbonyl (C=O) groups excluding carboxylic acids is 2. The topological polar surface area (TPSA) is 64.3 Å². The van der Waals surface area contributed by atoms with E-state index in [9.17, 15) is 9.59 Å². The number of nitrogens with zero attached hydrogens (tertiary/aromatic N) is 3. The zero-order valence-corrected chi connectivity index (χ0v) is 24.1. The van der Waals surface area contributed by atoms with Crippen molar-refractivity contribution in [1.29, 1.82) is 0 Å². The van der Waals surface area contributed by atoms with Crippen molar-refractivity contribution in [3.05, 3.63) is 68.5 Å². The molecule has 5 nitrogen and oxygen atoms in total. The smallest absolute Gasteiger partial charge is 0.173 e. The van der Waals surface area contributed by atoms with Crippen molar-refractivity contribution in [3.8, 4) is 0 Å². The Morgan fingerprint density at radius 3 is 2.51 bits per heavy atom. The summed E-state index contributed by atoms with van der Waals surface area (Å²) < 4.78 is 1.80. The quantitative estimate of drug-likeness (QED) is 0.180. The van der Waals surface area contributed by atoms with Crippen LogP contribution in [0.4, 0.5) is 5.82 Å². The molecule has 0 N–H and O–H groups in total. The van der Waals surface area contributed by atoms with E-state index in [2.05, 4.69) is 36.3 Å². The Bertz CT molecular complexity index is 1390. The van der Waals surface area contributed by atoms with Crippen molar-refractivity contribution in [2.24, 2.45) is 29.8 Å². The maximum atomic E-state index is 13.6. The highest BCUT2D eigenvalue weighted by atomic mass is 32.1. The first kappa shape index (κ1) is 26.4. The van der Waals surface area contributed by atoms with Crippen molar-refractivity contribution in [1.82, 2.24) is 9.78 Å². The van der Waals surface area contributed by atoms with E-state index in [1.54, 1.807) is 16.0 Å². The van der Waals surface area contributed by atoms with Gasteiger partial charge in [-0.25, -0.2) is 4.99 Å². The van der Waals surface area contributed by atoms with Gasteiger partial charge in [-0.05, 0) is 74.8 Å². The van der Waals surface area contributed by atoms with Gasteiger partial charge in [0.2, 0.25) is 0 Å². The van der Waals surface area contributed by atoms with Crippen LogP contribution in [0.1, 0.15) is 88.2 Å². The number of hydrogen-bond donors (Lipinski definition) is 0. The molecule has 1 atom stereocenters. The number of hydrogen-bond acceptors (Lipinski definition) is 5. The number of benzene rings is 1. The standard InChI is InChI=1S/C33H39N3O2S/c1-21-3-5-23(6-4-21)17-26(34-32-15-16-36(2)35-32)18-24-10-14-30-27(19-24)33(28(37)13-9-22-7-8-22)31(39-30)20-29(38)25-11-12-25/h3-6,15-16,22,24-25H,7-14,17-20H2,1-2H3. The summed E-state index contributed by atoms with van der Waals surface area (Å²) >= 11 is 1.76. The molecule has 1 unspecified atom stereocenters. The van der Waals surface area contributed by atoms with Crippen LogP contribution < -0.4 is 0 Å². The van der Waals surface area contributed by atoms with E-state index in [1.807, 2.05) is 19.3 Å². The Hall–Kier alpha value is -2.86. The summed E-state index contributed by atoms with van der Waals surface area (Å²) in [6.45, 7) is 2.11. The summed E-state index contributed by atoms with van der Waals surface area (Å²) in [7, 11) is 1.92. The third-order valence-corrected chi connectivity index (χ3v) is 9.88. The summed E-state index contributed by atoms with van der Waals surface area (Å²) in [4.78, 5) is 33.8. The van der Waals surface area contributed by atoms with Gasteiger partial charge < -0.3 is 0 Å². The second-order valence-electron chi connectivity index (χ2n) is 12.1. The summed E-state index contributed by atoms with van der Waals surface area (Å²) in [6.07, 6.45) is 13.3. The molecule has 1 aromatic carbocycles. The van der Waals surface area contributed by atoms with E-state index in [0.717, 1.165) is 79.3 Å². The molecule has 0 amide bonds. The third-order valence-electron chi connectivity index (χ3n) is 8.58. The summed E-state index contributed by atoms with van der Waals surface area (Å²) in [5, 5.41) is 4.52. The minimum atomic E-state index is 0.235. The summed E-state index contributed by atoms with van der Waals surface area (Å²) in [5.74, 6) is 2.77. The van der Waals surface area contributed by atoms with E-state index in [4.69, 9.17) is 4.99 Å². The van der Waals surface area contributed by atoms with Crippen molar-refractivity contribution in [2.75, 3.05) is 0 Å². The second kappa shape index (κ2) is 11.3. The van der Waals surface area contributed by atoms with Crippen LogP contribution in [-0.4, -0.2) is 27.1 Å². The van der Waals surface area contributed by atoms with Gasteiger partial charge in [-0.15, -0.1) is 11.3 Å². The Kier molecular flexibility index (Phi) is 7.66. The van der Waals surface area contributed by atoms with Gasteiger partial charge in [0.15, 0.2) is 11.6 Å². The van der Waals surface area contributed by atoms with Gasteiger partial charge >= 0.3 is 0 Å². The molecule has 0 spiro atoms. The monoisotopic (exact) mass is 541 g/mol. The number of aliphatic imine (C=N–C) groups is 1. The van der Waals surface area contributed by atoms with E-state index < -0.39 is 0 Å². The van der Waals surface area contributed by atoms with E-state index in [1.165, 1.54) is 34.4 Å². The summed E-state index contributed by atoms with van der Waals surface area (Å²) in [6, 6.07) is 10.7. The van der Waals surface area contributed by atoms with E-state index >= 15 is 0 Å². The number of thiophene rings is 1. The number of aromatic nitrogens is 2. The highest BCUT2D eigenvalue weighted by Gasteiger charge is 2.34. The van der Waals surface area contributed by atoms with Crippen LogP contribution in [0.25, 0.3) is 0 Å². The van der Waals surface area contributed by atoms with Gasteiger partial charge in [-0.3, -0.25) is 14.3 Å².